The molecule has 13 aromatic rings. The van der Waals surface area contributed by atoms with E-state index in [1.54, 1.807) is 0 Å². The van der Waals surface area contributed by atoms with Crippen molar-refractivity contribution >= 4 is 118 Å². The molecule has 0 aromatic heterocycles. The molecule has 0 fully saturated rings. The Kier molecular flexibility index (Phi) is 4.55. The molecule has 0 bridgehead atoms. The molecular weight excluding hydrogens is 577 g/mol. The molecule has 0 aliphatic rings. The van der Waals surface area contributed by atoms with Crippen LogP contribution in [-0.2, 0) is 0 Å². The Hall–Kier alpha value is -6.24. The predicted molar refractivity (Wildman–Crippen MR) is 210 cm³/mol. The molecule has 0 saturated heterocycles. The summed E-state index contributed by atoms with van der Waals surface area (Å²) in [6.45, 7) is 0. The summed E-state index contributed by atoms with van der Waals surface area (Å²) in [7, 11) is 0. The van der Waals surface area contributed by atoms with Crippen LogP contribution < -0.4 is 0 Å². The highest BCUT2D eigenvalue weighted by Gasteiger charge is 2.19. The lowest BCUT2D eigenvalue weighted by Gasteiger charge is -2.20. The van der Waals surface area contributed by atoms with Crippen molar-refractivity contribution < 1.29 is 0 Å². The van der Waals surface area contributed by atoms with E-state index in [9.17, 15) is 0 Å². The minimum Gasteiger partial charge on any atom is -0.0616 e. The molecule has 0 amide bonds. The van der Waals surface area contributed by atoms with Crippen LogP contribution in [0.5, 0.6) is 0 Å². The Morgan fingerprint density at radius 3 is 0.896 bits per heavy atom. The molecule has 0 atom stereocenters. The van der Waals surface area contributed by atoms with Gasteiger partial charge >= 0.3 is 0 Å². The third kappa shape index (κ3) is 3.01. The summed E-state index contributed by atoms with van der Waals surface area (Å²) in [5, 5.41) is 30.3. The van der Waals surface area contributed by atoms with Gasteiger partial charge in [0.25, 0.3) is 0 Å². The summed E-state index contributed by atoms with van der Waals surface area (Å²) in [5.41, 5.74) is 0. The number of rotatable bonds is 0. The molecule has 0 unspecified atom stereocenters. The third-order valence-electron chi connectivity index (χ3n) is 11.3. The second-order valence-electron chi connectivity index (χ2n) is 13.6. The summed E-state index contributed by atoms with van der Waals surface area (Å²) in [6, 6.07) is 58.4. The quantitative estimate of drug-likeness (QED) is 0.120. The largest absolute Gasteiger partial charge is 0.0616 e. The van der Waals surface area contributed by atoms with Crippen molar-refractivity contribution in [3.8, 4) is 0 Å². The zero-order chi connectivity index (χ0) is 31.1. The highest BCUT2D eigenvalue weighted by molar-refractivity contribution is 6.44. The Balaban J connectivity index is 0.000000112. The molecule has 0 heteroatoms. The van der Waals surface area contributed by atoms with E-state index in [-0.39, 0.29) is 0 Å². The van der Waals surface area contributed by atoms with Crippen LogP contribution in [0.2, 0.25) is 0 Å². The van der Waals surface area contributed by atoms with Gasteiger partial charge in [0.05, 0.1) is 0 Å². The van der Waals surface area contributed by atoms with Crippen molar-refractivity contribution in [1.29, 1.82) is 0 Å². The van der Waals surface area contributed by atoms with Crippen LogP contribution in [0.15, 0.2) is 158 Å². The molecular formula is C48H26. The van der Waals surface area contributed by atoms with Gasteiger partial charge in [-0.2, -0.15) is 0 Å². The Morgan fingerprint density at radius 2 is 0.438 bits per heavy atom. The first kappa shape index (κ1) is 24.9. The zero-order valence-electron chi connectivity index (χ0n) is 26.0. The average Bonchev–Trinajstić information content (AvgIpc) is 3.16. The first-order valence-electron chi connectivity index (χ1n) is 16.9. The highest BCUT2D eigenvalue weighted by atomic mass is 14.2. The molecule has 0 heterocycles. The van der Waals surface area contributed by atoms with Gasteiger partial charge in [-0.25, -0.2) is 0 Å². The molecule has 0 nitrogen and oxygen atoms in total. The number of hydrogen-bond donors (Lipinski definition) is 0. The fourth-order valence-electron chi connectivity index (χ4n) is 9.27. The van der Waals surface area contributed by atoms with Gasteiger partial charge in [-0.15, -0.1) is 0 Å². The monoisotopic (exact) mass is 602 g/mol. The maximum absolute atomic E-state index is 2.29. The van der Waals surface area contributed by atoms with Crippen molar-refractivity contribution in [2.75, 3.05) is 0 Å². The number of hydrogen-bond acceptors (Lipinski definition) is 0. The van der Waals surface area contributed by atoms with Crippen LogP contribution in [-0.4, -0.2) is 0 Å². The Bertz CT molecular complexity index is 2990. The average molecular weight is 603 g/mol. The molecule has 218 valence electrons. The third-order valence-corrected chi connectivity index (χ3v) is 11.3. The lowest BCUT2D eigenvalue weighted by molar-refractivity contribution is 1.78. The van der Waals surface area contributed by atoms with Gasteiger partial charge in [0.2, 0.25) is 0 Å². The molecule has 0 saturated carbocycles. The van der Waals surface area contributed by atoms with E-state index in [0.717, 1.165) is 0 Å². The molecule has 0 radical (unpaired) electrons. The maximum atomic E-state index is 2.29. The van der Waals surface area contributed by atoms with Crippen molar-refractivity contribution in [3.05, 3.63) is 158 Å². The summed E-state index contributed by atoms with van der Waals surface area (Å²) in [4.78, 5) is 0. The molecule has 13 aromatic carbocycles. The molecule has 0 N–H and O–H groups in total. The van der Waals surface area contributed by atoms with E-state index < -0.39 is 0 Å². The Labute approximate surface area is 275 Å². The standard InChI is InChI=1S/C24H12.C24H14/c1-2-14-5-6-16-9-11-18-12-10-17-8-7-15-4-3-13(1)19-20(14)22(16)24(18)23(17)21(15)19;1-2-8-18-15(5-1)13-14-20-19-9-3-6-16-11-12-17-7-4-10-21(24(18)20)23(17)22(16)19/h1-12H;1-14H. The van der Waals surface area contributed by atoms with E-state index in [1.807, 2.05) is 0 Å². The molecule has 0 aliphatic heterocycles. The van der Waals surface area contributed by atoms with Crippen LogP contribution in [0.25, 0.3) is 118 Å². The van der Waals surface area contributed by atoms with E-state index in [4.69, 9.17) is 0 Å². The lowest BCUT2D eigenvalue weighted by Crippen LogP contribution is -1.91. The second-order valence-corrected chi connectivity index (χ2v) is 13.6. The van der Waals surface area contributed by atoms with Crippen molar-refractivity contribution in [1.82, 2.24) is 0 Å². The first-order chi connectivity index (χ1) is 23.8. The van der Waals surface area contributed by atoms with Gasteiger partial charge in [-0.05, 0) is 118 Å². The van der Waals surface area contributed by atoms with Crippen LogP contribution in [0.3, 0.4) is 0 Å². The second kappa shape index (κ2) is 8.76. The van der Waals surface area contributed by atoms with Gasteiger partial charge < -0.3 is 0 Å². The van der Waals surface area contributed by atoms with Gasteiger partial charge in [0.15, 0.2) is 0 Å². The van der Waals surface area contributed by atoms with Crippen molar-refractivity contribution in [2.45, 2.75) is 0 Å². The minimum absolute atomic E-state index is 1.31. The van der Waals surface area contributed by atoms with E-state index in [2.05, 4.69) is 158 Å². The fourth-order valence-corrected chi connectivity index (χ4v) is 9.27. The summed E-state index contributed by atoms with van der Waals surface area (Å²) in [5.74, 6) is 0. The zero-order valence-corrected chi connectivity index (χ0v) is 26.0. The van der Waals surface area contributed by atoms with Crippen LogP contribution in [0.4, 0.5) is 0 Å². The van der Waals surface area contributed by atoms with Crippen LogP contribution in [0.1, 0.15) is 0 Å². The number of fused-ring (bicyclic) bond motifs is 5. The Morgan fingerprint density at radius 1 is 0.146 bits per heavy atom. The smallest absolute Gasteiger partial charge is 0.00139 e. The van der Waals surface area contributed by atoms with Gasteiger partial charge in [-0.1, -0.05) is 158 Å². The van der Waals surface area contributed by atoms with E-state index >= 15 is 0 Å². The molecule has 0 spiro atoms. The van der Waals surface area contributed by atoms with Crippen LogP contribution in [0, 0.1) is 0 Å². The normalized spacial score (nSPS) is 12.6. The first-order valence-corrected chi connectivity index (χ1v) is 16.9. The SMILES string of the molecule is c1cc2ccc3ccc4ccc5ccc6ccc1c1c2c3c4c5c61.c1ccc2c(c1)ccc1c3cccc4ccc5cccc(c21)c5c43. The predicted octanol–water partition coefficient (Wildman–Crippen LogP) is 13.8. The van der Waals surface area contributed by atoms with Crippen LogP contribution >= 0.6 is 0 Å². The molecule has 13 rings (SSSR count). The lowest BCUT2D eigenvalue weighted by atomic mass is 9.83. The summed E-state index contributed by atoms with van der Waals surface area (Å²) >= 11 is 0. The van der Waals surface area contributed by atoms with Gasteiger partial charge in [0, 0.05) is 0 Å². The summed E-state index contributed by atoms with van der Waals surface area (Å²) in [6.07, 6.45) is 0. The van der Waals surface area contributed by atoms with Crippen molar-refractivity contribution in [2.24, 2.45) is 0 Å². The van der Waals surface area contributed by atoms with E-state index in [1.165, 1.54) is 118 Å². The number of benzene rings is 13. The fraction of sp³-hybridized carbons (Fsp3) is 0. The summed E-state index contributed by atoms with van der Waals surface area (Å²) < 4.78 is 0. The van der Waals surface area contributed by atoms with Gasteiger partial charge in [-0.3, -0.25) is 0 Å². The minimum atomic E-state index is 1.31. The molecule has 48 heavy (non-hydrogen) atoms. The van der Waals surface area contributed by atoms with Gasteiger partial charge in [0.1, 0.15) is 0 Å². The topological polar surface area (TPSA) is 0 Å². The highest BCUT2D eigenvalue weighted by Crippen LogP contribution is 2.48. The molecule has 0 aliphatic carbocycles. The van der Waals surface area contributed by atoms with Crippen molar-refractivity contribution in [3.63, 3.8) is 0 Å². The maximum Gasteiger partial charge on any atom is -0.00139 e. The van der Waals surface area contributed by atoms with E-state index in [0.29, 0.717) is 0 Å².